The van der Waals surface area contributed by atoms with E-state index in [0.717, 1.165) is 60.2 Å². The lowest BCUT2D eigenvalue weighted by Crippen LogP contribution is -2.46. The normalized spacial score (nSPS) is 23.9. The number of fused-ring (bicyclic) bond motifs is 5. The first kappa shape index (κ1) is 19.9. The molecule has 10 heteroatoms. The summed E-state index contributed by atoms with van der Waals surface area (Å²) < 4.78 is 20.5. The summed E-state index contributed by atoms with van der Waals surface area (Å²) in [6.45, 7) is 0.865. The van der Waals surface area contributed by atoms with Gasteiger partial charge < -0.3 is 25.7 Å². The Kier molecular flexibility index (Phi) is 4.23. The van der Waals surface area contributed by atoms with Gasteiger partial charge in [-0.15, -0.1) is 0 Å². The fourth-order valence-corrected chi connectivity index (χ4v) is 5.63. The van der Waals surface area contributed by atoms with Crippen LogP contribution in [-0.4, -0.2) is 50.6 Å². The summed E-state index contributed by atoms with van der Waals surface area (Å²) >= 11 is 0. The lowest BCUT2D eigenvalue weighted by Gasteiger charge is -2.32. The molecule has 2 aliphatic carbocycles. The molecular weight excluding hydrogens is 435 g/mol. The van der Waals surface area contributed by atoms with Crippen molar-refractivity contribution in [1.29, 1.82) is 0 Å². The van der Waals surface area contributed by atoms with E-state index in [4.69, 9.17) is 15.5 Å². The topological polar surface area (TPSA) is 118 Å². The summed E-state index contributed by atoms with van der Waals surface area (Å²) in [4.78, 5) is 23.9. The molecule has 4 heterocycles. The molecule has 0 amide bonds. The number of rotatable bonds is 5. The van der Waals surface area contributed by atoms with Crippen LogP contribution in [0.2, 0.25) is 0 Å². The molecule has 1 aliphatic heterocycles. The molecule has 0 spiro atoms. The molecule has 3 aromatic heterocycles. The predicted molar refractivity (Wildman–Crippen MR) is 127 cm³/mol. The third kappa shape index (κ3) is 3.08. The molecule has 2 bridgehead atoms. The van der Waals surface area contributed by atoms with Crippen molar-refractivity contribution in [2.75, 3.05) is 23.8 Å². The molecular formula is C24H25FN8O. The first-order chi connectivity index (χ1) is 16.6. The Bertz CT molecular complexity index is 1420. The maximum Gasteiger partial charge on any atom is 0.326 e. The van der Waals surface area contributed by atoms with Gasteiger partial charge in [0.05, 0.1) is 29.0 Å². The molecule has 3 atom stereocenters. The Labute approximate surface area is 195 Å². The third-order valence-corrected chi connectivity index (χ3v) is 7.36. The number of hydrogen-bond acceptors (Lipinski definition) is 8. The summed E-state index contributed by atoms with van der Waals surface area (Å²) in [6, 6.07) is 3.47. The van der Waals surface area contributed by atoms with Crippen LogP contribution in [0.15, 0.2) is 24.5 Å². The maximum atomic E-state index is 14.5. The molecule has 1 saturated heterocycles. The Balaban J connectivity index is 1.38. The minimum absolute atomic E-state index is 0.0892. The smallest absolute Gasteiger partial charge is 0.326 e. The molecule has 9 nitrogen and oxygen atoms in total. The number of halogens is 1. The van der Waals surface area contributed by atoms with E-state index in [9.17, 15) is 4.39 Å². The van der Waals surface area contributed by atoms with Crippen LogP contribution in [0.25, 0.3) is 21.9 Å². The zero-order valence-electron chi connectivity index (χ0n) is 18.8. The third-order valence-electron chi connectivity index (χ3n) is 7.36. The van der Waals surface area contributed by atoms with Crippen LogP contribution in [0, 0.1) is 11.7 Å². The van der Waals surface area contributed by atoms with Crippen LogP contribution in [0.4, 0.5) is 15.9 Å². The van der Waals surface area contributed by atoms with E-state index >= 15 is 0 Å². The van der Waals surface area contributed by atoms with E-state index in [0.29, 0.717) is 28.9 Å². The van der Waals surface area contributed by atoms with Gasteiger partial charge in [0.1, 0.15) is 23.1 Å². The maximum absolute atomic E-state index is 14.5. The number of H-pyrrole nitrogens is 1. The van der Waals surface area contributed by atoms with Gasteiger partial charge in [0.25, 0.3) is 0 Å². The zero-order chi connectivity index (χ0) is 23.0. The number of aromatic nitrogens is 5. The minimum atomic E-state index is -0.323. The van der Waals surface area contributed by atoms with Crippen molar-refractivity contribution >= 4 is 33.4 Å². The van der Waals surface area contributed by atoms with Gasteiger partial charge in [-0.05, 0) is 43.7 Å². The summed E-state index contributed by atoms with van der Waals surface area (Å²) in [6.07, 6.45) is 7.67. The van der Waals surface area contributed by atoms with E-state index in [-0.39, 0.29) is 23.9 Å². The van der Waals surface area contributed by atoms with Crippen LogP contribution in [0.5, 0.6) is 11.8 Å². The number of nitrogens with two attached hydrogens (primary N) is 1. The first-order valence-corrected chi connectivity index (χ1v) is 11.8. The molecule has 2 saturated carbocycles. The van der Waals surface area contributed by atoms with E-state index < -0.39 is 0 Å². The average molecular weight is 461 g/mol. The number of nitrogens with one attached hydrogen (secondary N) is 2. The van der Waals surface area contributed by atoms with Crippen molar-refractivity contribution in [3.05, 3.63) is 36.2 Å². The Morgan fingerprint density at radius 1 is 1.18 bits per heavy atom. The van der Waals surface area contributed by atoms with E-state index in [1.165, 1.54) is 12.1 Å². The van der Waals surface area contributed by atoms with E-state index in [1.54, 1.807) is 19.4 Å². The summed E-state index contributed by atoms with van der Waals surface area (Å²) in [5, 5.41) is 4.58. The van der Waals surface area contributed by atoms with Crippen molar-refractivity contribution in [2.24, 2.45) is 11.7 Å². The van der Waals surface area contributed by atoms with Crippen molar-refractivity contribution in [2.45, 2.75) is 43.7 Å². The predicted octanol–water partition coefficient (Wildman–Crippen LogP) is 3.68. The van der Waals surface area contributed by atoms with Gasteiger partial charge in [0.15, 0.2) is 5.75 Å². The summed E-state index contributed by atoms with van der Waals surface area (Å²) in [5.41, 5.74) is 8.46. The number of hydrogen-bond donors (Lipinski definition) is 3. The van der Waals surface area contributed by atoms with Crippen molar-refractivity contribution in [1.82, 2.24) is 24.9 Å². The Morgan fingerprint density at radius 3 is 2.71 bits per heavy atom. The lowest BCUT2D eigenvalue weighted by molar-refractivity contribution is 0.435. The van der Waals surface area contributed by atoms with Gasteiger partial charge in [-0.25, -0.2) is 14.4 Å². The number of ether oxygens (including phenoxy) is 1. The van der Waals surface area contributed by atoms with Gasteiger partial charge in [-0.2, -0.15) is 9.97 Å². The minimum Gasteiger partial charge on any atom is -0.421 e. The van der Waals surface area contributed by atoms with E-state index in [1.807, 2.05) is 0 Å². The van der Waals surface area contributed by atoms with Crippen LogP contribution < -0.4 is 20.7 Å². The Hall–Kier alpha value is -3.53. The Morgan fingerprint density at radius 2 is 2.00 bits per heavy atom. The fourth-order valence-electron chi connectivity index (χ4n) is 5.63. The highest BCUT2D eigenvalue weighted by molar-refractivity contribution is 6.14. The molecule has 0 unspecified atom stereocenters. The molecule has 3 fully saturated rings. The van der Waals surface area contributed by atoms with E-state index in [2.05, 4.69) is 30.2 Å². The van der Waals surface area contributed by atoms with Crippen molar-refractivity contribution < 1.29 is 9.13 Å². The van der Waals surface area contributed by atoms with Crippen LogP contribution in [-0.2, 0) is 0 Å². The second-order valence-corrected chi connectivity index (χ2v) is 9.68. The van der Waals surface area contributed by atoms with Gasteiger partial charge in [0, 0.05) is 37.0 Å². The van der Waals surface area contributed by atoms with Crippen molar-refractivity contribution in [3.8, 4) is 11.8 Å². The number of aromatic amines is 1. The van der Waals surface area contributed by atoms with Crippen LogP contribution in [0.1, 0.15) is 37.4 Å². The SMILES string of the molecule is CNc1cc(F)cc2c1[nH]c1nc(Oc3cnc(C4CC4)nc3)nc(N3C[C@H]4C[C@@H]3[C@@H](N)C4)c12. The second kappa shape index (κ2) is 7.23. The molecule has 3 aliphatic rings. The standard InChI is InChI=1S/C24H25FN8O/c1-27-17-7-13(25)6-15-19-22(30-20(15)17)31-24(34-14-8-28-21(29-9-14)12-2-3-12)32-23(19)33-10-11-4-16(26)18(33)5-11/h6-9,11-12,16,18,27H,2-5,10,26H2,1H3,(H,30,31,32)/t11-,16+,18-/m1/s1. The molecule has 34 heavy (non-hydrogen) atoms. The van der Waals surface area contributed by atoms with Gasteiger partial charge in [-0.1, -0.05) is 0 Å². The fraction of sp³-hybridized carbons (Fsp3) is 0.417. The average Bonchev–Trinajstić information content (AvgIpc) is 3.36. The quantitative estimate of drug-likeness (QED) is 0.413. The zero-order valence-corrected chi connectivity index (χ0v) is 18.8. The van der Waals surface area contributed by atoms with Gasteiger partial charge in [0.2, 0.25) is 0 Å². The van der Waals surface area contributed by atoms with Crippen LogP contribution >= 0.6 is 0 Å². The van der Waals surface area contributed by atoms with Crippen molar-refractivity contribution in [3.63, 3.8) is 0 Å². The number of nitrogens with zero attached hydrogens (tertiary/aromatic N) is 5. The number of benzene rings is 1. The highest BCUT2D eigenvalue weighted by atomic mass is 19.1. The second-order valence-electron chi connectivity index (χ2n) is 9.68. The summed E-state index contributed by atoms with van der Waals surface area (Å²) in [7, 11) is 1.77. The monoisotopic (exact) mass is 460 g/mol. The first-order valence-electron chi connectivity index (χ1n) is 11.8. The number of anilines is 2. The molecule has 4 aromatic rings. The van der Waals surface area contributed by atoms with Gasteiger partial charge in [-0.3, -0.25) is 0 Å². The highest BCUT2D eigenvalue weighted by Crippen LogP contribution is 2.44. The van der Waals surface area contributed by atoms with Crippen LogP contribution in [0.3, 0.4) is 0 Å². The molecule has 0 radical (unpaired) electrons. The lowest BCUT2D eigenvalue weighted by atomic mass is 10.1. The highest BCUT2D eigenvalue weighted by Gasteiger charge is 2.44. The molecule has 7 rings (SSSR count). The molecule has 1 aromatic carbocycles. The van der Waals surface area contributed by atoms with Gasteiger partial charge >= 0.3 is 6.01 Å². The molecule has 4 N–H and O–H groups in total. The number of piperidine rings is 1. The largest absolute Gasteiger partial charge is 0.421 e. The summed E-state index contributed by atoms with van der Waals surface area (Å²) in [5.74, 6) is 2.73. The molecule has 174 valence electrons.